The molecule has 0 aromatic heterocycles. The molecule has 3 atom stereocenters. The van der Waals surface area contributed by atoms with Crippen molar-refractivity contribution < 1.29 is 10.2 Å². The lowest BCUT2D eigenvalue weighted by molar-refractivity contribution is 0.142. The van der Waals surface area contributed by atoms with E-state index < -0.39 is 0 Å². The summed E-state index contributed by atoms with van der Waals surface area (Å²) in [7, 11) is 0. The number of phenolic OH excluding ortho intramolecular Hbond substituents is 1. The Hall–Kier alpha value is -1.28. The first kappa shape index (κ1) is 19.1. The molecule has 2 heteroatoms. The summed E-state index contributed by atoms with van der Waals surface area (Å²) in [5, 5.41) is 20.8. The van der Waals surface area contributed by atoms with Crippen LogP contribution in [0.1, 0.15) is 88.8 Å². The average molecular weight is 369 g/mol. The van der Waals surface area contributed by atoms with E-state index in [0.29, 0.717) is 5.75 Å². The maximum absolute atomic E-state index is 10.6. The molecule has 4 rings (SSSR count). The third-order valence-corrected chi connectivity index (χ3v) is 8.07. The largest absolute Gasteiger partial charge is 0.508 e. The number of phenols is 1. The van der Waals surface area contributed by atoms with Crippen molar-refractivity contribution in [3.63, 3.8) is 0 Å². The lowest BCUT2D eigenvalue weighted by Crippen LogP contribution is -2.39. The van der Waals surface area contributed by atoms with Gasteiger partial charge >= 0.3 is 0 Å². The van der Waals surface area contributed by atoms with Crippen LogP contribution in [0.15, 0.2) is 23.3 Å². The van der Waals surface area contributed by atoms with Crippen molar-refractivity contribution in [3.05, 3.63) is 40.0 Å². The van der Waals surface area contributed by atoms with Crippen LogP contribution in [-0.2, 0) is 11.8 Å². The van der Waals surface area contributed by atoms with Gasteiger partial charge in [-0.3, -0.25) is 0 Å². The quantitative estimate of drug-likeness (QED) is 0.644. The average Bonchev–Trinajstić information content (AvgIpc) is 2.94. The first-order chi connectivity index (χ1) is 12.8. The number of hydrogen-bond acceptors (Lipinski definition) is 2. The van der Waals surface area contributed by atoms with Gasteiger partial charge in [0.2, 0.25) is 0 Å². The smallest absolute Gasteiger partial charge is 0.118 e. The minimum atomic E-state index is -0.156. The summed E-state index contributed by atoms with van der Waals surface area (Å²) in [6.07, 6.45) is 10.0. The fourth-order valence-corrected chi connectivity index (χ4v) is 6.55. The van der Waals surface area contributed by atoms with E-state index in [1.807, 2.05) is 6.07 Å². The molecule has 0 bridgehead atoms. The number of fused-ring (bicyclic) bond motifs is 4. The van der Waals surface area contributed by atoms with E-state index in [2.05, 4.69) is 33.8 Å². The van der Waals surface area contributed by atoms with E-state index in [1.54, 1.807) is 11.1 Å². The fraction of sp³-hybridized carbons (Fsp3) is 0.680. The van der Waals surface area contributed by atoms with Crippen LogP contribution in [0, 0.1) is 18.3 Å². The first-order valence-corrected chi connectivity index (χ1v) is 11.0. The summed E-state index contributed by atoms with van der Waals surface area (Å²) in [5.41, 5.74) is 7.46. The van der Waals surface area contributed by atoms with E-state index >= 15 is 0 Å². The number of rotatable bonds is 4. The minimum absolute atomic E-state index is 0.0903. The second-order valence-corrected chi connectivity index (χ2v) is 10.2. The van der Waals surface area contributed by atoms with Gasteiger partial charge in [0.05, 0.1) is 6.10 Å². The van der Waals surface area contributed by atoms with Crippen LogP contribution in [0.5, 0.6) is 5.75 Å². The molecule has 2 nitrogen and oxygen atoms in total. The molecule has 0 amide bonds. The molecular weight excluding hydrogens is 332 g/mol. The highest BCUT2D eigenvalue weighted by molar-refractivity contribution is 5.55. The third-order valence-electron chi connectivity index (χ3n) is 8.07. The second-order valence-electron chi connectivity index (χ2n) is 10.2. The molecule has 1 aromatic rings. The molecule has 0 spiro atoms. The van der Waals surface area contributed by atoms with Gasteiger partial charge in [0.15, 0.2) is 0 Å². The number of allylic oxidation sites excluding steroid dienone is 1. The molecule has 0 heterocycles. The topological polar surface area (TPSA) is 40.5 Å². The van der Waals surface area contributed by atoms with Crippen LogP contribution >= 0.6 is 0 Å². The van der Waals surface area contributed by atoms with Gasteiger partial charge in [0, 0.05) is 5.41 Å². The summed E-state index contributed by atoms with van der Waals surface area (Å²) >= 11 is 0. The lowest BCUT2D eigenvalue weighted by Gasteiger charge is -2.49. The summed E-state index contributed by atoms with van der Waals surface area (Å²) in [4.78, 5) is 0. The van der Waals surface area contributed by atoms with E-state index in [4.69, 9.17) is 0 Å². The molecule has 1 aromatic carbocycles. The van der Waals surface area contributed by atoms with Crippen molar-refractivity contribution in [2.75, 3.05) is 0 Å². The van der Waals surface area contributed by atoms with Crippen LogP contribution in [0.25, 0.3) is 0 Å². The van der Waals surface area contributed by atoms with Crippen LogP contribution in [0.4, 0.5) is 0 Å². The molecule has 1 fully saturated rings. The summed E-state index contributed by atoms with van der Waals surface area (Å²) in [5.74, 6) is 1.19. The van der Waals surface area contributed by atoms with Crippen molar-refractivity contribution in [1.29, 1.82) is 0 Å². The van der Waals surface area contributed by atoms with Gasteiger partial charge in [0.25, 0.3) is 0 Å². The maximum Gasteiger partial charge on any atom is 0.118 e. The molecule has 2 N–H and O–H groups in total. The molecule has 0 aliphatic heterocycles. The first-order valence-electron chi connectivity index (χ1n) is 11.0. The van der Waals surface area contributed by atoms with Crippen LogP contribution in [0.2, 0.25) is 0 Å². The second kappa shape index (κ2) is 6.65. The molecule has 0 radical (unpaired) electrons. The highest BCUT2D eigenvalue weighted by Gasteiger charge is 2.52. The van der Waals surface area contributed by atoms with Gasteiger partial charge in [-0.1, -0.05) is 50.8 Å². The molecule has 27 heavy (non-hydrogen) atoms. The van der Waals surface area contributed by atoms with E-state index in [9.17, 15) is 10.2 Å². The summed E-state index contributed by atoms with van der Waals surface area (Å²) in [6, 6.07) is 4.07. The van der Waals surface area contributed by atoms with Gasteiger partial charge < -0.3 is 10.2 Å². The zero-order valence-corrected chi connectivity index (χ0v) is 17.6. The fourth-order valence-electron chi connectivity index (χ4n) is 6.55. The van der Waals surface area contributed by atoms with Gasteiger partial charge in [-0.2, -0.15) is 0 Å². The highest BCUT2D eigenvalue weighted by Crippen LogP contribution is 2.62. The van der Waals surface area contributed by atoms with Crippen molar-refractivity contribution in [2.45, 2.75) is 97.0 Å². The molecule has 148 valence electrons. The zero-order chi connectivity index (χ0) is 19.4. The highest BCUT2D eigenvalue weighted by atomic mass is 16.3. The van der Waals surface area contributed by atoms with Crippen molar-refractivity contribution in [2.24, 2.45) is 11.3 Å². The Bertz CT molecular complexity index is 775. The Balaban J connectivity index is 1.76. The Labute approximate surface area is 164 Å². The Morgan fingerprint density at radius 1 is 1.15 bits per heavy atom. The standard InChI is InChI=1S/C25H36O2/c1-16(2)6-5-11-25-13-12-24(4)20-9-10-23(27)17(3)19(20)7-8-21(24)22(25)14-18(26)15-25/h9-10,16,18,26-27H,5-8,11-15H2,1-4H3/t18-,24-,25-/m1/s1. The van der Waals surface area contributed by atoms with E-state index in [-0.39, 0.29) is 16.9 Å². The Morgan fingerprint density at radius 3 is 2.67 bits per heavy atom. The number of benzene rings is 1. The van der Waals surface area contributed by atoms with Crippen LogP contribution < -0.4 is 0 Å². The van der Waals surface area contributed by atoms with E-state index in [1.165, 1.54) is 43.2 Å². The SMILES string of the molecule is Cc1c(O)ccc2c1CCC1=C3C[C@@H](O)C[C@@]3(CCCC(C)C)CC[C@@]12C. The molecule has 0 saturated heterocycles. The summed E-state index contributed by atoms with van der Waals surface area (Å²) in [6.45, 7) is 9.11. The molecule has 0 unspecified atom stereocenters. The predicted molar refractivity (Wildman–Crippen MR) is 111 cm³/mol. The summed E-state index contributed by atoms with van der Waals surface area (Å²) < 4.78 is 0. The molecule has 1 saturated carbocycles. The molecular formula is C25H36O2. The lowest BCUT2D eigenvalue weighted by atomic mass is 9.55. The van der Waals surface area contributed by atoms with Crippen LogP contribution in [0.3, 0.4) is 0 Å². The Morgan fingerprint density at radius 2 is 1.93 bits per heavy atom. The zero-order valence-electron chi connectivity index (χ0n) is 17.6. The number of aromatic hydroxyl groups is 1. The molecule has 3 aliphatic carbocycles. The monoisotopic (exact) mass is 368 g/mol. The number of aliphatic hydroxyl groups is 1. The van der Waals surface area contributed by atoms with Gasteiger partial charge in [-0.05, 0) is 86.0 Å². The number of aliphatic hydroxyl groups excluding tert-OH is 1. The number of hydrogen-bond donors (Lipinski definition) is 2. The third kappa shape index (κ3) is 2.95. The van der Waals surface area contributed by atoms with Crippen molar-refractivity contribution >= 4 is 0 Å². The normalized spacial score (nSPS) is 32.4. The Kier molecular flexibility index (Phi) is 4.70. The maximum atomic E-state index is 10.6. The van der Waals surface area contributed by atoms with Crippen molar-refractivity contribution in [1.82, 2.24) is 0 Å². The van der Waals surface area contributed by atoms with Crippen LogP contribution in [-0.4, -0.2) is 16.3 Å². The minimum Gasteiger partial charge on any atom is -0.508 e. The predicted octanol–water partition coefficient (Wildman–Crippen LogP) is 5.96. The van der Waals surface area contributed by atoms with Gasteiger partial charge in [-0.25, -0.2) is 0 Å². The van der Waals surface area contributed by atoms with E-state index in [0.717, 1.165) is 37.2 Å². The molecule has 3 aliphatic rings. The van der Waals surface area contributed by atoms with Gasteiger partial charge in [-0.15, -0.1) is 0 Å². The van der Waals surface area contributed by atoms with Gasteiger partial charge in [0.1, 0.15) is 5.75 Å². The van der Waals surface area contributed by atoms with Crippen molar-refractivity contribution in [3.8, 4) is 5.75 Å².